The Balaban J connectivity index is 0.00000240. The molecule has 0 atom stereocenters. The molecule has 0 unspecified atom stereocenters. The number of amides is 1. The Morgan fingerprint density at radius 3 is 2.52 bits per heavy atom. The summed E-state index contributed by atoms with van der Waals surface area (Å²) in [5.74, 6) is 1.18. The van der Waals surface area contributed by atoms with E-state index in [1.165, 1.54) is 4.57 Å². The smallest absolute Gasteiger partial charge is 0.317 e. The summed E-state index contributed by atoms with van der Waals surface area (Å²) in [4.78, 5) is 29.9. The van der Waals surface area contributed by atoms with Crippen molar-refractivity contribution in [2.45, 2.75) is 38.8 Å². The Hall–Kier alpha value is -2.65. The fraction of sp³-hybridized carbons (Fsp3) is 0.474. The molecule has 10 heteroatoms. The number of imidazole rings is 1. The van der Waals surface area contributed by atoms with E-state index in [1.54, 1.807) is 16.3 Å². The molecular formula is C19H26ClN7O2. The van der Waals surface area contributed by atoms with Gasteiger partial charge in [-0.25, -0.2) is 9.48 Å². The van der Waals surface area contributed by atoms with Crippen molar-refractivity contribution < 1.29 is 4.79 Å². The largest absolute Gasteiger partial charge is 0.329 e. The third kappa shape index (κ3) is 4.06. The molecule has 1 aliphatic rings. The van der Waals surface area contributed by atoms with Crippen LogP contribution < -0.4 is 16.3 Å². The average Bonchev–Trinajstić information content (AvgIpc) is 3.20. The van der Waals surface area contributed by atoms with Gasteiger partial charge < -0.3 is 5.32 Å². The highest BCUT2D eigenvalue weighted by atomic mass is 35.5. The summed E-state index contributed by atoms with van der Waals surface area (Å²) in [5.41, 5.74) is 1.39. The molecule has 0 spiro atoms. The Morgan fingerprint density at radius 2 is 1.86 bits per heavy atom. The first-order valence-electron chi connectivity index (χ1n) is 9.68. The summed E-state index contributed by atoms with van der Waals surface area (Å²) in [6, 6.07) is 7.50. The maximum absolute atomic E-state index is 12.7. The Labute approximate surface area is 174 Å². The van der Waals surface area contributed by atoms with Crippen LogP contribution in [0.4, 0.5) is 5.95 Å². The van der Waals surface area contributed by atoms with Crippen molar-refractivity contribution in [1.29, 1.82) is 0 Å². The lowest BCUT2D eigenvalue weighted by atomic mass is 9.98. The monoisotopic (exact) mass is 419 g/mol. The van der Waals surface area contributed by atoms with E-state index in [0.29, 0.717) is 18.4 Å². The number of aryl methyl sites for hydroxylation is 2. The zero-order valence-corrected chi connectivity index (χ0v) is 17.4. The highest BCUT2D eigenvalue weighted by Crippen LogP contribution is 2.23. The van der Waals surface area contributed by atoms with E-state index in [1.807, 2.05) is 31.2 Å². The number of carbonyl (C=O) groups excluding carboxylic acids is 1. The number of para-hydroxylation sites is 2. The molecule has 3 heterocycles. The molecule has 1 fully saturated rings. The second-order valence-corrected chi connectivity index (χ2v) is 7.09. The maximum Gasteiger partial charge on any atom is 0.329 e. The molecule has 2 aromatic heterocycles. The van der Waals surface area contributed by atoms with Crippen molar-refractivity contribution in [2.24, 2.45) is 7.05 Å². The van der Waals surface area contributed by atoms with Crippen molar-refractivity contribution in [2.75, 3.05) is 18.4 Å². The van der Waals surface area contributed by atoms with Gasteiger partial charge in [0.05, 0.1) is 11.0 Å². The van der Waals surface area contributed by atoms with Gasteiger partial charge in [0, 0.05) is 19.5 Å². The minimum Gasteiger partial charge on any atom is -0.317 e. The standard InChI is InChI=1S/C19H25N7O2.ClH/c1-3-25-14-6-4-5-7-15(14)26(19(25)28)12-16(27)21-18-22-17(23-24(18)2)13-8-10-20-11-9-13;/h4-7,13,20H,3,8-12H2,1-2H3,(H,21,22,23,27);1H. The van der Waals surface area contributed by atoms with E-state index in [0.717, 1.165) is 42.8 Å². The van der Waals surface area contributed by atoms with Crippen molar-refractivity contribution in [3.63, 3.8) is 0 Å². The minimum atomic E-state index is -0.298. The van der Waals surface area contributed by atoms with Crippen LogP contribution in [0.1, 0.15) is 31.5 Å². The fourth-order valence-electron chi connectivity index (χ4n) is 3.80. The maximum atomic E-state index is 12.7. The molecule has 3 aromatic rings. The number of rotatable bonds is 5. The Morgan fingerprint density at radius 1 is 1.21 bits per heavy atom. The molecule has 4 rings (SSSR count). The van der Waals surface area contributed by atoms with Crippen LogP contribution in [0.25, 0.3) is 11.0 Å². The summed E-state index contributed by atoms with van der Waals surface area (Å²) in [5, 5.41) is 10.6. The van der Waals surface area contributed by atoms with Crippen LogP contribution in [0.15, 0.2) is 29.1 Å². The molecule has 0 aliphatic carbocycles. The van der Waals surface area contributed by atoms with E-state index in [-0.39, 0.29) is 30.5 Å². The molecule has 1 aliphatic heterocycles. The molecule has 0 radical (unpaired) electrons. The first-order chi connectivity index (χ1) is 13.6. The number of carbonyl (C=O) groups is 1. The van der Waals surface area contributed by atoms with E-state index in [2.05, 4.69) is 20.7 Å². The van der Waals surface area contributed by atoms with E-state index in [4.69, 9.17) is 0 Å². The molecule has 2 N–H and O–H groups in total. The number of fused-ring (bicyclic) bond motifs is 1. The lowest BCUT2D eigenvalue weighted by Gasteiger charge is -2.19. The van der Waals surface area contributed by atoms with Gasteiger partial charge in [0.15, 0.2) is 5.82 Å². The van der Waals surface area contributed by atoms with Gasteiger partial charge in [0.1, 0.15) is 6.54 Å². The van der Waals surface area contributed by atoms with E-state index in [9.17, 15) is 9.59 Å². The fourth-order valence-corrected chi connectivity index (χ4v) is 3.80. The Bertz CT molecular complexity index is 1060. The summed E-state index contributed by atoms with van der Waals surface area (Å²) in [7, 11) is 1.77. The first kappa shape index (κ1) is 21.1. The second-order valence-electron chi connectivity index (χ2n) is 7.09. The van der Waals surface area contributed by atoms with Gasteiger partial charge in [0.25, 0.3) is 0 Å². The zero-order valence-electron chi connectivity index (χ0n) is 16.6. The normalized spacial score (nSPS) is 14.7. The number of hydrogen-bond donors (Lipinski definition) is 2. The highest BCUT2D eigenvalue weighted by molar-refractivity contribution is 5.90. The summed E-state index contributed by atoms with van der Waals surface area (Å²) < 4.78 is 4.76. The molecular weight excluding hydrogens is 394 g/mol. The molecule has 1 amide bonds. The molecule has 0 saturated carbocycles. The molecule has 1 saturated heterocycles. The number of benzene rings is 1. The second kappa shape index (κ2) is 8.79. The topological polar surface area (TPSA) is 98.8 Å². The van der Waals surface area contributed by atoms with Crippen molar-refractivity contribution in [3.05, 3.63) is 40.6 Å². The van der Waals surface area contributed by atoms with Crippen LogP contribution in [0.3, 0.4) is 0 Å². The van der Waals surface area contributed by atoms with Gasteiger partial charge in [-0.05, 0) is 45.0 Å². The number of aromatic nitrogens is 5. The van der Waals surface area contributed by atoms with Crippen LogP contribution in [0, 0.1) is 0 Å². The van der Waals surface area contributed by atoms with Crippen molar-refractivity contribution in [1.82, 2.24) is 29.2 Å². The van der Waals surface area contributed by atoms with Gasteiger partial charge in [0.2, 0.25) is 11.9 Å². The lowest BCUT2D eigenvalue weighted by Crippen LogP contribution is -2.29. The quantitative estimate of drug-likeness (QED) is 0.652. The summed E-state index contributed by atoms with van der Waals surface area (Å²) in [6.45, 7) is 4.31. The van der Waals surface area contributed by atoms with Gasteiger partial charge in [-0.2, -0.15) is 10.1 Å². The van der Waals surface area contributed by atoms with Crippen LogP contribution in [0.5, 0.6) is 0 Å². The van der Waals surface area contributed by atoms with Gasteiger partial charge >= 0.3 is 5.69 Å². The lowest BCUT2D eigenvalue weighted by molar-refractivity contribution is -0.116. The number of piperidine rings is 1. The van der Waals surface area contributed by atoms with E-state index < -0.39 is 0 Å². The van der Waals surface area contributed by atoms with Gasteiger partial charge in [-0.3, -0.25) is 19.2 Å². The van der Waals surface area contributed by atoms with Crippen molar-refractivity contribution >= 4 is 35.3 Å². The van der Waals surface area contributed by atoms with Crippen LogP contribution in [-0.4, -0.2) is 42.9 Å². The van der Waals surface area contributed by atoms with Crippen molar-refractivity contribution in [3.8, 4) is 0 Å². The average molecular weight is 420 g/mol. The summed E-state index contributed by atoms with van der Waals surface area (Å²) in [6.07, 6.45) is 1.98. The molecule has 0 bridgehead atoms. The predicted molar refractivity (Wildman–Crippen MR) is 114 cm³/mol. The minimum absolute atomic E-state index is 0. The number of hydrogen-bond acceptors (Lipinski definition) is 5. The molecule has 29 heavy (non-hydrogen) atoms. The van der Waals surface area contributed by atoms with E-state index >= 15 is 0 Å². The van der Waals surface area contributed by atoms with Crippen LogP contribution in [-0.2, 0) is 24.9 Å². The van der Waals surface area contributed by atoms with Gasteiger partial charge in [-0.15, -0.1) is 12.4 Å². The first-order valence-corrected chi connectivity index (χ1v) is 9.68. The SMILES string of the molecule is CCn1c(=O)n(CC(=O)Nc2nc(C3CCNCC3)nn2C)c2ccccc21.Cl. The van der Waals surface area contributed by atoms with Crippen LogP contribution in [0.2, 0.25) is 0 Å². The molecule has 1 aromatic carbocycles. The molecule has 9 nitrogen and oxygen atoms in total. The number of anilines is 1. The Kier molecular flexibility index (Phi) is 6.39. The highest BCUT2D eigenvalue weighted by Gasteiger charge is 2.22. The number of nitrogens with zero attached hydrogens (tertiary/aromatic N) is 5. The third-order valence-corrected chi connectivity index (χ3v) is 5.28. The number of halogens is 1. The molecule has 156 valence electrons. The van der Waals surface area contributed by atoms with Crippen LogP contribution >= 0.6 is 12.4 Å². The summed E-state index contributed by atoms with van der Waals surface area (Å²) >= 11 is 0. The zero-order chi connectivity index (χ0) is 19.7. The predicted octanol–water partition coefficient (Wildman–Crippen LogP) is 1.48. The van der Waals surface area contributed by atoms with Gasteiger partial charge in [-0.1, -0.05) is 12.1 Å². The third-order valence-electron chi connectivity index (χ3n) is 5.28. The number of nitrogens with one attached hydrogen (secondary N) is 2.